The molecule has 0 aliphatic carbocycles. The zero-order chi connectivity index (χ0) is 7.33. The molecule has 0 aliphatic rings. The summed E-state index contributed by atoms with van der Waals surface area (Å²) in [6.45, 7) is 0. The van der Waals surface area contributed by atoms with Gasteiger partial charge < -0.3 is 9.47 Å². The molecule has 0 radical (unpaired) electrons. The van der Waals surface area contributed by atoms with Crippen LogP contribution in [0.5, 0.6) is 0 Å². The first-order valence-corrected chi connectivity index (χ1v) is 4.53. The third kappa shape index (κ3) is 3.25. The van der Waals surface area contributed by atoms with Crippen LogP contribution in [0.15, 0.2) is 0 Å². The Hall–Kier alpha value is 0.487. The summed E-state index contributed by atoms with van der Waals surface area (Å²) in [5.74, 6) is 0.811. The van der Waals surface area contributed by atoms with Crippen molar-refractivity contribution in [3.63, 3.8) is 0 Å². The van der Waals surface area contributed by atoms with Gasteiger partial charge in [-0.1, -0.05) is 0 Å². The third-order valence-corrected chi connectivity index (χ3v) is 2.97. The molecule has 0 amide bonds. The lowest BCUT2D eigenvalue weighted by Crippen LogP contribution is -2.34. The molecule has 9 heavy (non-hydrogen) atoms. The highest BCUT2D eigenvalue weighted by atomic mass is 32.1. The van der Waals surface area contributed by atoms with E-state index in [1.165, 1.54) is 0 Å². The molecule has 0 aliphatic heterocycles. The first-order chi connectivity index (χ1) is 4.18. The standard InChI is InChI=1S/C5H14O2SSi/c1-6-5(9,7-2)3-4-8/h8H,3-4H2,1-2,9H3. The molecule has 0 unspecified atom stereocenters. The molecule has 0 bridgehead atoms. The van der Waals surface area contributed by atoms with Crippen molar-refractivity contribution in [1.29, 1.82) is 0 Å². The zero-order valence-corrected chi connectivity index (χ0v) is 9.07. The molecule has 0 rings (SSSR count). The normalized spacial score (nSPS) is 12.3. The van der Waals surface area contributed by atoms with Gasteiger partial charge in [-0.2, -0.15) is 12.6 Å². The molecule has 0 heterocycles. The molecule has 4 heteroatoms. The molecule has 0 spiro atoms. The highest BCUT2D eigenvalue weighted by Crippen LogP contribution is 2.10. The van der Waals surface area contributed by atoms with E-state index in [1.807, 2.05) is 0 Å². The molecule has 0 N–H and O–H groups in total. The van der Waals surface area contributed by atoms with Crippen molar-refractivity contribution in [2.24, 2.45) is 0 Å². The van der Waals surface area contributed by atoms with E-state index < -0.39 is 0 Å². The number of hydrogen-bond acceptors (Lipinski definition) is 3. The Balaban J connectivity index is 3.62. The Kier molecular flexibility index (Phi) is 4.56. The fraction of sp³-hybridized carbons (Fsp3) is 1.00. The minimum atomic E-state index is -0.304. The summed E-state index contributed by atoms with van der Waals surface area (Å²) < 4.78 is 10.2. The van der Waals surface area contributed by atoms with Crippen molar-refractivity contribution in [3.05, 3.63) is 0 Å². The molecule has 2 nitrogen and oxygen atoms in total. The van der Waals surface area contributed by atoms with Gasteiger partial charge in [0.05, 0.1) is 10.2 Å². The molecule has 0 saturated heterocycles. The first-order valence-electron chi connectivity index (χ1n) is 2.89. The van der Waals surface area contributed by atoms with E-state index in [0.717, 1.165) is 22.4 Å². The average molecular weight is 166 g/mol. The van der Waals surface area contributed by atoms with E-state index in [2.05, 4.69) is 12.6 Å². The molecular formula is C5H14O2SSi. The molecule has 56 valence electrons. The predicted molar refractivity (Wildman–Crippen MR) is 45.2 cm³/mol. The smallest absolute Gasteiger partial charge is 0.141 e. The van der Waals surface area contributed by atoms with Crippen LogP contribution in [-0.4, -0.2) is 35.6 Å². The van der Waals surface area contributed by atoms with Crippen LogP contribution in [0.3, 0.4) is 0 Å². The Morgan fingerprint density at radius 2 is 1.89 bits per heavy atom. The van der Waals surface area contributed by atoms with Crippen LogP contribution in [0, 0.1) is 0 Å². The first kappa shape index (κ1) is 9.49. The third-order valence-electron chi connectivity index (χ3n) is 1.43. The topological polar surface area (TPSA) is 18.5 Å². The van der Waals surface area contributed by atoms with Crippen LogP contribution in [-0.2, 0) is 9.47 Å². The largest absolute Gasteiger partial charge is 0.358 e. The Morgan fingerprint density at radius 1 is 1.44 bits per heavy atom. The van der Waals surface area contributed by atoms with Crippen LogP contribution in [0.25, 0.3) is 0 Å². The van der Waals surface area contributed by atoms with Crippen LogP contribution in [0.2, 0.25) is 0 Å². The SMILES string of the molecule is COC([SiH3])(CCS)OC. The molecule has 0 aromatic carbocycles. The van der Waals surface area contributed by atoms with Gasteiger partial charge >= 0.3 is 0 Å². The van der Waals surface area contributed by atoms with Gasteiger partial charge in [-0.15, -0.1) is 0 Å². The summed E-state index contributed by atoms with van der Waals surface area (Å²) in [5, 5.41) is 0. The van der Waals surface area contributed by atoms with E-state index in [4.69, 9.17) is 9.47 Å². The van der Waals surface area contributed by atoms with Crippen LogP contribution in [0.1, 0.15) is 6.42 Å². The van der Waals surface area contributed by atoms with Gasteiger partial charge in [0.15, 0.2) is 0 Å². The van der Waals surface area contributed by atoms with Gasteiger partial charge in [-0.3, -0.25) is 0 Å². The van der Waals surface area contributed by atoms with Crippen molar-refractivity contribution in [3.8, 4) is 0 Å². The monoisotopic (exact) mass is 166 g/mol. The van der Waals surface area contributed by atoms with Crippen molar-refractivity contribution >= 4 is 22.9 Å². The minimum absolute atomic E-state index is 0.304. The van der Waals surface area contributed by atoms with Crippen molar-refractivity contribution in [2.75, 3.05) is 20.0 Å². The Morgan fingerprint density at radius 3 is 2.00 bits per heavy atom. The predicted octanol–water partition coefficient (Wildman–Crippen LogP) is -0.382. The van der Waals surface area contributed by atoms with Gasteiger partial charge in [0.2, 0.25) is 0 Å². The molecule has 0 fully saturated rings. The molecule has 0 aromatic rings. The highest BCUT2D eigenvalue weighted by Gasteiger charge is 2.19. The van der Waals surface area contributed by atoms with Gasteiger partial charge in [0, 0.05) is 20.6 Å². The number of ether oxygens (including phenoxy) is 2. The van der Waals surface area contributed by atoms with Crippen molar-refractivity contribution in [1.82, 2.24) is 0 Å². The van der Waals surface area contributed by atoms with Crippen LogP contribution < -0.4 is 0 Å². The Labute approximate surface area is 64.8 Å². The van der Waals surface area contributed by atoms with E-state index >= 15 is 0 Å². The fourth-order valence-corrected chi connectivity index (χ4v) is 1.57. The lowest BCUT2D eigenvalue weighted by molar-refractivity contribution is -0.142. The zero-order valence-electron chi connectivity index (χ0n) is 6.18. The lowest BCUT2D eigenvalue weighted by Gasteiger charge is -2.25. The average Bonchev–Trinajstić information content (AvgIpc) is 1.89. The van der Waals surface area contributed by atoms with E-state index in [0.29, 0.717) is 0 Å². The number of rotatable bonds is 4. The second kappa shape index (κ2) is 4.33. The number of hydrogen-bond donors (Lipinski definition) is 1. The number of methoxy groups -OCH3 is 2. The van der Waals surface area contributed by atoms with Gasteiger partial charge in [0.1, 0.15) is 5.41 Å². The second-order valence-electron chi connectivity index (χ2n) is 2.02. The van der Waals surface area contributed by atoms with Crippen molar-refractivity contribution in [2.45, 2.75) is 11.8 Å². The van der Waals surface area contributed by atoms with Gasteiger partial charge in [-0.05, 0) is 5.75 Å². The van der Waals surface area contributed by atoms with Crippen LogP contribution >= 0.6 is 12.6 Å². The number of thiol groups is 1. The van der Waals surface area contributed by atoms with E-state index in [9.17, 15) is 0 Å². The highest BCUT2D eigenvalue weighted by molar-refractivity contribution is 7.80. The maximum Gasteiger partial charge on any atom is 0.141 e. The van der Waals surface area contributed by atoms with Crippen molar-refractivity contribution < 1.29 is 9.47 Å². The molecule has 0 aromatic heterocycles. The summed E-state index contributed by atoms with van der Waals surface area (Å²) in [6.07, 6.45) is 0.870. The maximum atomic E-state index is 5.12. The maximum absolute atomic E-state index is 5.12. The lowest BCUT2D eigenvalue weighted by atomic mass is 10.4. The van der Waals surface area contributed by atoms with Crippen LogP contribution in [0.4, 0.5) is 0 Å². The summed E-state index contributed by atoms with van der Waals surface area (Å²) in [4.78, 5) is 0. The Bertz CT molecular complexity index is 75.4. The summed E-state index contributed by atoms with van der Waals surface area (Å²) in [6, 6.07) is 0. The summed E-state index contributed by atoms with van der Waals surface area (Å²) in [7, 11) is 4.22. The second-order valence-corrected chi connectivity index (χ2v) is 3.99. The minimum Gasteiger partial charge on any atom is -0.358 e. The molecule has 0 saturated carbocycles. The summed E-state index contributed by atoms with van der Waals surface area (Å²) in [5.41, 5.74) is -0.304. The van der Waals surface area contributed by atoms with Gasteiger partial charge in [0.25, 0.3) is 0 Å². The quantitative estimate of drug-likeness (QED) is 0.349. The molecular weight excluding hydrogens is 152 g/mol. The van der Waals surface area contributed by atoms with E-state index in [1.54, 1.807) is 14.2 Å². The fourth-order valence-electron chi connectivity index (χ4n) is 0.491. The summed E-state index contributed by atoms with van der Waals surface area (Å²) >= 11 is 4.08. The van der Waals surface area contributed by atoms with E-state index in [-0.39, 0.29) is 5.41 Å². The van der Waals surface area contributed by atoms with Gasteiger partial charge in [-0.25, -0.2) is 0 Å². The molecule has 0 atom stereocenters.